The van der Waals surface area contributed by atoms with E-state index in [1.54, 1.807) is 43.0 Å². The number of benzene rings is 15. The number of aromatic nitrogens is 6. The molecule has 0 atom stereocenters. The van der Waals surface area contributed by atoms with Crippen molar-refractivity contribution < 1.29 is 0 Å². The van der Waals surface area contributed by atoms with Crippen LogP contribution in [0.1, 0.15) is 83.6 Å². The Hall–Kier alpha value is -18.3. The van der Waals surface area contributed by atoms with Gasteiger partial charge in [0.25, 0.3) is 0 Å². The molecule has 624 valence electrons. The van der Waals surface area contributed by atoms with Crippen molar-refractivity contribution in [3.8, 4) is 186 Å². The largest absolute Gasteiger partial charge is 0.263 e. The lowest BCUT2D eigenvalue weighted by molar-refractivity contribution is 0.794. The highest BCUT2D eigenvalue weighted by Crippen LogP contribution is 2.68. The first-order valence-corrected chi connectivity index (χ1v) is 45.4. The van der Waals surface area contributed by atoms with E-state index < -0.39 is 16.2 Å². The predicted octanol–water partition coefficient (Wildman–Crippen LogP) is 29.1. The van der Waals surface area contributed by atoms with Crippen LogP contribution < -0.4 is 0 Å². The van der Waals surface area contributed by atoms with E-state index >= 15 is 0 Å². The zero-order valence-corrected chi connectivity index (χ0v) is 72.8. The smallest absolute Gasteiger partial charge is 0.141 e. The van der Waals surface area contributed by atoms with Crippen LogP contribution in [0.3, 0.4) is 0 Å². The van der Waals surface area contributed by atoms with Gasteiger partial charge in [0.2, 0.25) is 0 Å². The lowest BCUT2D eigenvalue weighted by Gasteiger charge is -2.31. The summed E-state index contributed by atoms with van der Waals surface area (Å²) in [5.74, 6) is 0. The Morgan fingerprint density at radius 1 is 0.170 bits per heavy atom. The fourth-order valence-corrected chi connectivity index (χ4v) is 22.5. The number of nitrogens with zero attached hydrogens (tertiary/aromatic N) is 9. The molecule has 6 heterocycles. The quantitative estimate of drug-likeness (QED) is 0.138. The molecular formula is C126H75N9. The first kappa shape index (κ1) is 78.9. The summed E-state index contributed by atoms with van der Waals surface area (Å²) in [6.07, 6.45) is 8.57. The van der Waals surface area contributed by atoms with Crippen molar-refractivity contribution >= 4 is 0 Å². The van der Waals surface area contributed by atoms with Crippen LogP contribution in [0.2, 0.25) is 0 Å². The lowest BCUT2D eigenvalue weighted by Crippen LogP contribution is -2.26. The van der Waals surface area contributed by atoms with E-state index in [-0.39, 0.29) is 0 Å². The van der Waals surface area contributed by atoms with E-state index in [1.165, 1.54) is 167 Å². The molecular weight excluding hydrogens is 1640 g/mol. The molecule has 0 unspecified atom stereocenters. The molecule has 6 aromatic heterocycles. The van der Waals surface area contributed by atoms with Crippen molar-refractivity contribution in [2.45, 2.75) is 16.2 Å². The molecule has 0 aliphatic heterocycles. The topological polar surface area (TPSA) is 149 Å². The Morgan fingerprint density at radius 3 is 0.837 bits per heavy atom. The minimum Gasteiger partial charge on any atom is -0.263 e. The summed E-state index contributed by atoms with van der Waals surface area (Å²) in [6.45, 7) is 0. The van der Waals surface area contributed by atoms with Gasteiger partial charge in [-0.15, -0.1) is 0 Å². The monoisotopic (exact) mass is 1710 g/mol. The predicted molar refractivity (Wildman–Crippen MR) is 538 cm³/mol. The summed E-state index contributed by atoms with van der Waals surface area (Å²) in [7, 11) is 0. The molecule has 0 N–H and O–H groups in total. The zero-order chi connectivity index (χ0) is 89.9. The molecule has 0 amide bonds. The summed E-state index contributed by atoms with van der Waals surface area (Å²) in [5, 5.41) is 28.1. The van der Waals surface area contributed by atoms with Gasteiger partial charge in [0, 0.05) is 58.8 Å². The maximum absolute atomic E-state index is 9.42. The first-order chi connectivity index (χ1) is 66.8. The Morgan fingerprint density at radius 2 is 0.481 bits per heavy atom. The molecule has 15 aromatic carbocycles. The molecule has 0 fully saturated rings. The summed E-state index contributed by atoms with van der Waals surface area (Å²) in [6, 6.07) is 159. The van der Waals surface area contributed by atoms with Crippen molar-refractivity contribution in [1.82, 2.24) is 29.9 Å². The van der Waals surface area contributed by atoms with Gasteiger partial charge in [0.1, 0.15) is 17.8 Å². The molecule has 0 bridgehead atoms. The van der Waals surface area contributed by atoms with Crippen molar-refractivity contribution in [2.75, 3.05) is 0 Å². The standard InChI is InChI=1S/3C42H25N3/c43-24-27-21-31(26-44-25-27)41-16-8-15-40(45-41)30-18-20-35-34-19-17-29(28-9-2-1-3-10-28)22-38(34)42(39(35)23-30)36-13-6-4-11-32(36)33-12-5-7-14-37(33)42;43-26-31-23-30(21-22-44-31)41-16-8-15-40(45-41)29-18-20-35-34-19-17-28(27-9-2-1-3-10-27)24-38(34)42(39(35)25-29)36-13-6-4-11-32(36)33-12-5-7-14-37(33)42;43-25-27-20-21-44-41(22-27)40-19-16-31(26-45-40)30-15-18-35-34-17-14-29(28-8-2-1-3-9-28)23-38(34)42(39(35)24-30)36-12-6-4-10-32(36)33-11-5-7-13-37(33)42/h1-23,25-26H;1-25H;1-24,26H. The Bertz CT molecular complexity index is 8140. The third-order valence-corrected chi connectivity index (χ3v) is 28.3. The highest BCUT2D eigenvalue weighted by molar-refractivity contribution is 6.01. The highest BCUT2D eigenvalue weighted by atomic mass is 14.8. The van der Waals surface area contributed by atoms with Crippen LogP contribution in [0.5, 0.6) is 0 Å². The number of pyridine rings is 6. The van der Waals surface area contributed by atoms with Gasteiger partial charge in [0.15, 0.2) is 0 Å². The normalized spacial score (nSPS) is 13.0. The lowest BCUT2D eigenvalue weighted by atomic mass is 9.70. The summed E-state index contributed by atoms with van der Waals surface area (Å²) < 4.78 is 0. The van der Waals surface area contributed by atoms with E-state index in [4.69, 9.17) is 15.0 Å². The molecule has 135 heavy (non-hydrogen) atoms. The Labute approximate surface area is 781 Å². The van der Waals surface area contributed by atoms with Gasteiger partial charge in [-0.2, -0.15) is 15.8 Å². The summed E-state index contributed by atoms with van der Waals surface area (Å²) in [5.41, 5.74) is 49.2. The third-order valence-electron chi connectivity index (χ3n) is 28.3. The minimum absolute atomic E-state index is 0.380. The average Bonchev–Trinajstić information content (AvgIpc) is 1.52. The van der Waals surface area contributed by atoms with E-state index in [0.717, 1.165) is 61.9 Å². The molecule has 9 nitrogen and oxygen atoms in total. The van der Waals surface area contributed by atoms with Gasteiger partial charge in [-0.25, -0.2) is 15.0 Å². The second-order valence-electron chi connectivity index (χ2n) is 35.1. The fourth-order valence-electron chi connectivity index (χ4n) is 22.5. The second kappa shape index (κ2) is 31.8. The van der Waals surface area contributed by atoms with Crippen molar-refractivity contribution in [2.24, 2.45) is 0 Å². The minimum atomic E-state index is -0.457. The molecule has 9 heteroatoms. The second-order valence-corrected chi connectivity index (χ2v) is 35.1. The maximum atomic E-state index is 9.42. The third kappa shape index (κ3) is 12.4. The molecule has 3 spiro atoms. The van der Waals surface area contributed by atoms with Crippen LogP contribution in [0.15, 0.2) is 456 Å². The van der Waals surface area contributed by atoms with Crippen molar-refractivity contribution in [1.29, 1.82) is 15.8 Å². The summed E-state index contributed by atoms with van der Waals surface area (Å²) >= 11 is 0. The van der Waals surface area contributed by atoms with E-state index in [1.807, 2.05) is 48.7 Å². The van der Waals surface area contributed by atoms with Gasteiger partial charge in [-0.3, -0.25) is 15.0 Å². The number of hydrogen-bond donors (Lipinski definition) is 0. The summed E-state index contributed by atoms with van der Waals surface area (Å²) in [4.78, 5) is 27.8. The number of rotatable bonds is 9. The first-order valence-electron chi connectivity index (χ1n) is 45.4. The molecule has 27 rings (SSSR count). The van der Waals surface area contributed by atoms with Gasteiger partial charge in [-0.05, 0) is 270 Å². The SMILES string of the molecule is N#Cc1cc(-c2cccc(-c3ccc4c(c3)C3(c5ccccc5-c5ccccc53)c3cc(-c5ccccc5)ccc3-4)n2)ccn1.N#Cc1ccnc(-c2ccc(-c3ccc4c(c3)C3(c5ccccc5-c5ccccc53)c3cc(-c5ccccc5)ccc3-4)cn2)c1.N#Cc1cncc(-c2cccc(-c3ccc4c(c3)C3(c5ccccc5-c5ccccc53)c3cc(-c5ccccc5)ccc3-4)n2)c1. The van der Waals surface area contributed by atoms with Crippen molar-refractivity contribution in [3.05, 3.63) is 539 Å². The molecule has 0 radical (unpaired) electrons. The van der Waals surface area contributed by atoms with Crippen LogP contribution in [0.4, 0.5) is 0 Å². The molecule has 6 aliphatic carbocycles. The van der Waals surface area contributed by atoms with E-state index in [9.17, 15) is 15.8 Å². The van der Waals surface area contributed by atoms with Crippen LogP contribution in [-0.4, -0.2) is 29.9 Å². The van der Waals surface area contributed by atoms with Crippen LogP contribution >= 0.6 is 0 Å². The fraction of sp³-hybridized carbons (Fsp3) is 0.0238. The number of fused-ring (bicyclic) bond motifs is 30. The number of nitriles is 3. The molecule has 21 aromatic rings. The molecule has 0 saturated carbocycles. The van der Waals surface area contributed by atoms with Gasteiger partial charge < -0.3 is 0 Å². The Balaban J connectivity index is 0.000000108. The Kier molecular flexibility index (Phi) is 18.6. The number of hydrogen-bond acceptors (Lipinski definition) is 9. The van der Waals surface area contributed by atoms with Gasteiger partial charge >= 0.3 is 0 Å². The van der Waals surface area contributed by atoms with Gasteiger partial charge in [0.05, 0.1) is 67.6 Å². The van der Waals surface area contributed by atoms with Crippen LogP contribution in [0, 0.1) is 34.0 Å². The zero-order valence-electron chi connectivity index (χ0n) is 72.8. The highest BCUT2D eigenvalue weighted by Gasteiger charge is 2.55. The maximum Gasteiger partial charge on any atom is 0.141 e. The average molecular weight is 1720 g/mol. The van der Waals surface area contributed by atoms with E-state index in [2.05, 4.69) is 397 Å². The molecule has 6 aliphatic rings. The van der Waals surface area contributed by atoms with Crippen LogP contribution in [-0.2, 0) is 16.2 Å². The van der Waals surface area contributed by atoms with Crippen molar-refractivity contribution in [3.63, 3.8) is 0 Å². The van der Waals surface area contributed by atoms with Gasteiger partial charge in [-0.1, -0.05) is 328 Å². The van der Waals surface area contributed by atoms with Crippen LogP contribution in [0.25, 0.3) is 168 Å². The van der Waals surface area contributed by atoms with E-state index in [0.29, 0.717) is 22.5 Å². The molecule has 0 saturated heterocycles.